The quantitative estimate of drug-likeness (QED) is 0.701. The van der Waals surface area contributed by atoms with Crippen molar-refractivity contribution in [3.8, 4) is 0 Å². The van der Waals surface area contributed by atoms with Crippen molar-refractivity contribution >= 4 is 11.8 Å². The van der Waals surface area contributed by atoms with Gasteiger partial charge in [0.1, 0.15) is 0 Å². The molecule has 3 rings (SSSR count). The van der Waals surface area contributed by atoms with Crippen LogP contribution in [0.4, 0.5) is 0 Å². The van der Waals surface area contributed by atoms with E-state index in [1.54, 1.807) is 14.0 Å². The van der Waals surface area contributed by atoms with Gasteiger partial charge in [-0.05, 0) is 36.5 Å². The van der Waals surface area contributed by atoms with Crippen molar-refractivity contribution in [2.45, 2.75) is 44.1 Å². The first-order chi connectivity index (χ1) is 13.4. The Kier molecular flexibility index (Phi) is 6.11. The number of nitrogens with zero attached hydrogens (tertiary/aromatic N) is 1. The van der Waals surface area contributed by atoms with Gasteiger partial charge < -0.3 is 20.4 Å². The van der Waals surface area contributed by atoms with E-state index in [2.05, 4.69) is 5.32 Å². The molecule has 2 aromatic rings. The van der Waals surface area contributed by atoms with Gasteiger partial charge in [-0.1, -0.05) is 54.6 Å². The Bertz CT molecular complexity index is 814. The number of aliphatic hydroxyl groups is 2. The topological polar surface area (TPSA) is 89.9 Å². The number of hydrogen-bond acceptors (Lipinski definition) is 4. The van der Waals surface area contributed by atoms with E-state index < -0.39 is 24.0 Å². The smallest absolute Gasteiger partial charge is 0.254 e. The van der Waals surface area contributed by atoms with Gasteiger partial charge in [-0.15, -0.1) is 0 Å². The number of carbonyl (C=O) groups excluding carboxylic acids is 2. The molecule has 2 unspecified atom stereocenters. The molecular weight excluding hydrogens is 356 g/mol. The molecule has 148 valence electrons. The van der Waals surface area contributed by atoms with Crippen molar-refractivity contribution in [1.29, 1.82) is 0 Å². The van der Waals surface area contributed by atoms with E-state index >= 15 is 0 Å². The van der Waals surface area contributed by atoms with Crippen LogP contribution in [0.2, 0.25) is 0 Å². The zero-order valence-corrected chi connectivity index (χ0v) is 16.1. The molecule has 3 atom stereocenters. The Morgan fingerprint density at radius 2 is 1.50 bits per heavy atom. The lowest BCUT2D eigenvalue weighted by molar-refractivity contribution is -0.153. The molecule has 0 radical (unpaired) electrons. The van der Waals surface area contributed by atoms with Crippen LogP contribution in [0.3, 0.4) is 0 Å². The molecule has 2 amide bonds. The van der Waals surface area contributed by atoms with E-state index in [0.717, 1.165) is 5.56 Å². The third kappa shape index (κ3) is 4.24. The highest BCUT2D eigenvalue weighted by Crippen LogP contribution is 2.25. The number of carbonyl (C=O) groups is 2. The van der Waals surface area contributed by atoms with Crippen molar-refractivity contribution in [2.24, 2.45) is 0 Å². The van der Waals surface area contributed by atoms with Gasteiger partial charge in [0.15, 0.2) is 12.2 Å². The van der Waals surface area contributed by atoms with E-state index in [1.165, 1.54) is 16.0 Å². The van der Waals surface area contributed by atoms with E-state index in [9.17, 15) is 19.8 Å². The predicted octanol–water partition coefficient (Wildman–Crippen LogP) is 1.21. The average molecular weight is 382 g/mol. The zero-order chi connectivity index (χ0) is 20.3. The van der Waals surface area contributed by atoms with Crippen LogP contribution in [0, 0.1) is 0 Å². The van der Waals surface area contributed by atoms with E-state index in [1.807, 2.05) is 54.6 Å². The Balaban J connectivity index is 1.58. The maximum absolute atomic E-state index is 12.6. The summed E-state index contributed by atoms with van der Waals surface area (Å²) in [5.74, 6) is -1.44. The second kappa shape index (κ2) is 8.54. The number of rotatable bonds is 6. The van der Waals surface area contributed by atoms with Crippen molar-refractivity contribution in [3.05, 3.63) is 71.3 Å². The number of likely N-dealkylation sites (N-methyl/N-ethyl adjacent to an activating group) is 1. The summed E-state index contributed by atoms with van der Waals surface area (Å²) in [5.41, 5.74) is 3.22. The molecule has 3 N–H and O–H groups in total. The summed E-state index contributed by atoms with van der Waals surface area (Å²) in [6, 6.07) is 16.8. The Hall–Kier alpha value is -2.70. The summed E-state index contributed by atoms with van der Waals surface area (Å²) in [4.78, 5) is 26.4. The highest BCUT2D eigenvalue weighted by molar-refractivity contribution is 5.91. The van der Waals surface area contributed by atoms with Gasteiger partial charge in [0.2, 0.25) is 0 Å². The molecular formula is C22H26N2O4. The lowest BCUT2D eigenvalue weighted by atomic mass is 10.1. The van der Waals surface area contributed by atoms with Crippen LogP contribution in [0.5, 0.6) is 0 Å². The molecule has 0 saturated heterocycles. The van der Waals surface area contributed by atoms with E-state index in [-0.39, 0.29) is 12.1 Å². The van der Waals surface area contributed by atoms with Gasteiger partial charge in [-0.2, -0.15) is 0 Å². The van der Waals surface area contributed by atoms with Crippen molar-refractivity contribution in [1.82, 2.24) is 10.2 Å². The number of benzene rings is 2. The molecule has 0 saturated carbocycles. The minimum atomic E-state index is -1.83. The van der Waals surface area contributed by atoms with Gasteiger partial charge >= 0.3 is 0 Å². The summed E-state index contributed by atoms with van der Waals surface area (Å²) in [6.07, 6.45) is -2.25. The fraction of sp³-hybridized carbons (Fsp3) is 0.364. The molecule has 0 aromatic heterocycles. The third-order valence-corrected chi connectivity index (χ3v) is 5.40. The standard InChI is InChI=1S/C22H26N2O4/c1-14(15-8-4-3-5-9-15)23-21(27)19(25)20(26)22(28)24(2)18-12-16-10-6-7-11-17(16)13-18/h3-11,14,18-20,25-26H,12-13H2,1-2H3,(H,23,27)/t14?,19-,20?/m1/s1. The molecule has 2 aromatic carbocycles. The maximum Gasteiger partial charge on any atom is 0.254 e. The van der Waals surface area contributed by atoms with Crippen molar-refractivity contribution < 1.29 is 19.8 Å². The first-order valence-corrected chi connectivity index (χ1v) is 9.43. The minimum absolute atomic E-state index is 0.0990. The molecule has 0 bridgehead atoms. The molecule has 0 fully saturated rings. The van der Waals surface area contributed by atoms with Crippen LogP contribution in [-0.4, -0.2) is 52.2 Å². The number of fused-ring (bicyclic) bond motifs is 1. The van der Waals surface area contributed by atoms with Crippen LogP contribution in [-0.2, 0) is 22.4 Å². The van der Waals surface area contributed by atoms with Crippen LogP contribution >= 0.6 is 0 Å². The molecule has 6 nitrogen and oxygen atoms in total. The molecule has 6 heteroatoms. The fourth-order valence-electron chi connectivity index (χ4n) is 3.60. The van der Waals surface area contributed by atoms with Crippen LogP contribution in [0.25, 0.3) is 0 Å². The number of hydrogen-bond donors (Lipinski definition) is 3. The van der Waals surface area contributed by atoms with Gasteiger partial charge in [-0.3, -0.25) is 9.59 Å². The first-order valence-electron chi connectivity index (χ1n) is 9.43. The van der Waals surface area contributed by atoms with Crippen LogP contribution < -0.4 is 5.32 Å². The molecule has 0 spiro atoms. The normalized spacial score (nSPS) is 16.7. The van der Waals surface area contributed by atoms with Crippen molar-refractivity contribution in [3.63, 3.8) is 0 Å². The van der Waals surface area contributed by atoms with Crippen LogP contribution in [0.15, 0.2) is 54.6 Å². The number of amides is 2. The third-order valence-electron chi connectivity index (χ3n) is 5.40. The lowest BCUT2D eigenvalue weighted by Gasteiger charge is -2.28. The lowest BCUT2D eigenvalue weighted by Crippen LogP contribution is -2.52. The second-order valence-corrected chi connectivity index (χ2v) is 7.31. The summed E-state index contributed by atoms with van der Waals surface area (Å²) in [6.45, 7) is 1.77. The Labute approximate surface area is 164 Å². The SMILES string of the molecule is CC(NC(=O)[C@H](O)C(O)C(=O)N(C)C1Cc2ccccc2C1)c1ccccc1. The minimum Gasteiger partial charge on any atom is -0.380 e. The number of nitrogens with one attached hydrogen (secondary N) is 1. The second-order valence-electron chi connectivity index (χ2n) is 7.31. The first kappa shape index (κ1) is 20.0. The summed E-state index contributed by atoms with van der Waals surface area (Å²) in [5, 5.41) is 23.1. The van der Waals surface area contributed by atoms with Gasteiger partial charge in [0, 0.05) is 13.1 Å². The van der Waals surface area contributed by atoms with Crippen LogP contribution in [0.1, 0.15) is 29.7 Å². The van der Waals surface area contributed by atoms with Gasteiger partial charge in [0.05, 0.1) is 6.04 Å². The van der Waals surface area contributed by atoms with Gasteiger partial charge in [-0.25, -0.2) is 0 Å². The summed E-state index contributed by atoms with van der Waals surface area (Å²) >= 11 is 0. The maximum atomic E-state index is 12.6. The predicted molar refractivity (Wildman–Crippen MR) is 105 cm³/mol. The molecule has 28 heavy (non-hydrogen) atoms. The fourth-order valence-corrected chi connectivity index (χ4v) is 3.60. The van der Waals surface area contributed by atoms with E-state index in [4.69, 9.17) is 0 Å². The summed E-state index contributed by atoms with van der Waals surface area (Å²) < 4.78 is 0. The monoisotopic (exact) mass is 382 g/mol. The van der Waals surface area contributed by atoms with Gasteiger partial charge in [0.25, 0.3) is 11.8 Å². The molecule has 0 aliphatic heterocycles. The highest BCUT2D eigenvalue weighted by atomic mass is 16.3. The zero-order valence-electron chi connectivity index (χ0n) is 16.1. The number of aliphatic hydroxyl groups excluding tert-OH is 2. The molecule has 1 aliphatic rings. The molecule has 1 aliphatic carbocycles. The average Bonchev–Trinajstić information content (AvgIpc) is 3.16. The Morgan fingerprint density at radius 3 is 2.07 bits per heavy atom. The highest BCUT2D eigenvalue weighted by Gasteiger charge is 2.36. The Morgan fingerprint density at radius 1 is 0.964 bits per heavy atom. The van der Waals surface area contributed by atoms with E-state index in [0.29, 0.717) is 12.8 Å². The summed E-state index contributed by atoms with van der Waals surface area (Å²) in [7, 11) is 1.60. The largest absolute Gasteiger partial charge is 0.380 e. The molecule has 0 heterocycles. The van der Waals surface area contributed by atoms with Crippen molar-refractivity contribution in [2.75, 3.05) is 7.05 Å².